The van der Waals surface area contributed by atoms with Crippen LogP contribution in [0.15, 0.2) is 0 Å². The first-order valence-corrected chi connectivity index (χ1v) is 5.32. The summed E-state index contributed by atoms with van der Waals surface area (Å²) in [6, 6.07) is 1.36. The molecule has 12 heavy (non-hydrogen) atoms. The quantitative estimate of drug-likeness (QED) is 0.647. The predicted octanol–water partition coefficient (Wildman–Crippen LogP) is 3.20. The minimum Gasteiger partial charge on any atom is -0.312 e. The highest BCUT2D eigenvalue weighted by molar-refractivity contribution is 4.68. The van der Waals surface area contributed by atoms with Crippen molar-refractivity contribution in [2.45, 2.75) is 66.0 Å². The maximum absolute atomic E-state index is 3.58. The molecule has 0 heterocycles. The molecule has 1 unspecified atom stereocenters. The van der Waals surface area contributed by atoms with Crippen LogP contribution in [0.3, 0.4) is 0 Å². The lowest BCUT2D eigenvalue weighted by Gasteiger charge is -2.20. The predicted molar refractivity (Wildman–Crippen MR) is 56.4 cm³/mol. The summed E-state index contributed by atoms with van der Waals surface area (Å²) in [5.41, 5.74) is 0. The molecule has 0 aliphatic rings. The van der Waals surface area contributed by atoms with E-state index in [0.717, 1.165) is 12.0 Å². The molecule has 0 aromatic rings. The van der Waals surface area contributed by atoms with Gasteiger partial charge in [-0.3, -0.25) is 0 Å². The lowest BCUT2D eigenvalue weighted by Crippen LogP contribution is -2.34. The SMILES string of the molecule is CCC(CCC(C)C)NC(C)C. The molecule has 0 fully saturated rings. The van der Waals surface area contributed by atoms with Gasteiger partial charge in [0.15, 0.2) is 0 Å². The molecule has 0 aliphatic heterocycles. The first-order valence-electron chi connectivity index (χ1n) is 5.32. The van der Waals surface area contributed by atoms with E-state index >= 15 is 0 Å². The van der Waals surface area contributed by atoms with E-state index in [0.29, 0.717) is 6.04 Å². The van der Waals surface area contributed by atoms with Gasteiger partial charge in [-0.15, -0.1) is 0 Å². The van der Waals surface area contributed by atoms with E-state index < -0.39 is 0 Å². The molecule has 0 saturated heterocycles. The van der Waals surface area contributed by atoms with Crippen LogP contribution in [0, 0.1) is 5.92 Å². The second-order valence-corrected chi connectivity index (χ2v) is 4.40. The number of hydrogen-bond donors (Lipinski definition) is 1. The monoisotopic (exact) mass is 171 g/mol. The number of rotatable bonds is 6. The highest BCUT2D eigenvalue weighted by Gasteiger charge is 2.07. The van der Waals surface area contributed by atoms with Crippen LogP contribution in [0.25, 0.3) is 0 Å². The minimum absolute atomic E-state index is 0.627. The van der Waals surface area contributed by atoms with Gasteiger partial charge >= 0.3 is 0 Å². The maximum atomic E-state index is 3.58. The Morgan fingerprint density at radius 1 is 1.00 bits per heavy atom. The molecule has 0 rings (SSSR count). The summed E-state index contributed by atoms with van der Waals surface area (Å²) in [6.45, 7) is 11.3. The minimum atomic E-state index is 0.627. The molecule has 1 N–H and O–H groups in total. The fourth-order valence-electron chi connectivity index (χ4n) is 1.41. The second kappa shape index (κ2) is 6.47. The maximum Gasteiger partial charge on any atom is 0.00668 e. The van der Waals surface area contributed by atoms with Crippen molar-refractivity contribution in [1.82, 2.24) is 5.32 Å². The molecule has 0 aromatic heterocycles. The van der Waals surface area contributed by atoms with Crippen LogP contribution in [0.1, 0.15) is 53.9 Å². The molecule has 0 saturated carbocycles. The molecule has 0 aliphatic carbocycles. The summed E-state index contributed by atoms with van der Waals surface area (Å²) >= 11 is 0. The Kier molecular flexibility index (Phi) is 6.45. The summed E-state index contributed by atoms with van der Waals surface area (Å²) in [5, 5.41) is 3.58. The zero-order valence-corrected chi connectivity index (χ0v) is 9.35. The highest BCUT2D eigenvalue weighted by atomic mass is 14.9. The Morgan fingerprint density at radius 2 is 1.58 bits per heavy atom. The Labute approximate surface area is 77.9 Å². The standard InChI is InChI=1S/C11H25N/c1-6-11(12-10(4)5)8-7-9(2)3/h9-12H,6-8H2,1-5H3. The third-order valence-electron chi connectivity index (χ3n) is 2.15. The van der Waals surface area contributed by atoms with Crippen molar-refractivity contribution in [1.29, 1.82) is 0 Å². The summed E-state index contributed by atoms with van der Waals surface area (Å²) in [6.07, 6.45) is 3.93. The van der Waals surface area contributed by atoms with Crippen molar-refractivity contribution in [2.75, 3.05) is 0 Å². The zero-order valence-electron chi connectivity index (χ0n) is 9.35. The average Bonchev–Trinajstić information content (AvgIpc) is 1.97. The Hall–Kier alpha value is -0.0400. The van der Waals surface area contributed by atoms with Gasteiger partial charge < -0.3 is 5.32 Å². The molecule has 1 nitrogen and oxygen atoms in total. The lowest BCUT2D eigenvalue weighted by molar-refractivity contribution is 0.394. The summed E-state index contributed by atoms with van der Waals surface area (Å²) in [7, 11) is 0. The van der Waals surface area contributed by atoms with Gasteiger partial charge in [-0.05, 0) is 25.2 Å². The van der Waals surface area contributed by atoms with Gasteiger partial charge in [0.1, 0.15) is 0 Å². The van der Waals surface area contributed by atoms with E-state index in [1.165, 1.54) is 19.3 Å². The van der Waals surface area contributed by atoms with Gasteiger partial charge in [0, 0.05) is 12.1 Å². The third kappa shape index (κ3) is 6.66. The summed E-state index contributed by atoms with van der Waals surface area (Å²) in [5.74, 6) is 0.841. The van der Waals surface area contributed by atoms with E-state index in [1.807, 2.05) is 0 Å². The molecular weight excluding hydrogens is 146 g/mol. The summed E-state index contributed by atoms with van der Waals surface area (Å²) < 4.78 is 0. The fraction of sp³-hybridized carbons (Fsp3) is 1.00. The molecule has 0 amide bonds. The largest absolute Gasteiger partial charge is 0.312 e. The highest BCUT2D eigenvalue weighted by Crippen LogP contribution is 2.09. The van der Waals surface area contributed by atoms with Crippen LogP contribution in [0.5, 0.6) is 0 Å². The first kappa shape index (κ1) is 12.0. The van der Waals surface area contributed by atoms with Crippen LogP contribution >= 0.6 is 0 Å². The van der Waals surface area contributed by atoms with Gasteiger partial charge in [0.2, 0.25) is 0 Å². The van der Waals surface area contributed by atoms with Crippen LogP contribution in [-0.2, 0) is 0 Å². The van der Waals surface area contributed by atoms with Gasteiger partial charge in [0.25, 0.3) is 0 Å². The molecule has 0 spiro atoms. The van der Waals surface area contributed by atoms with Gasteiger partial charge in [-0.2, -0.15) is 0 Å². The van der Waals surface area contributed by atoms with Crippen molar-refractivity contribution in [2.24, 2.45) is 5.92 Å². The van der Waals surface area contributed by atoms with Gasteiger partial charge in [-0.25, -0.2) is 0 Å². The van der Waals surface area contributed by atoms with Crippen LogP contribution in [-0.4, -0.2) is 12.1 Å². The third-order valence-corrected chi connectivity index (χ3v) is 2.15. The molecule has 0 radical (unpaired) electrons. The normalized spacial score (nSPS) is 14.2. The van der Waals surface area contributed by atoms with Crippen molar-refractivity contribution in [3.05, 3.63) is 0 Å². The van der Waals surface area contributed by atoms with Crippen LogP contribution in [0.4, 0.5) is 0 Å². The topological polar surface area (TPSA) is 12.0 Å². The molecule has 0 aromatic carbocycles. The fourth-order valence-corrected chi connectivity index (χ4v) is 1.41. The van der Waals surface area contributed by atoms with Crippen molar-refractivity contribution in [3.8, 4) is 0 Å². The Balaban J connectivity index is 3.53. The number of hydrogen-bond acceptors (Lipinski definition) is 1. The van der Waals surface area contributed by atoms with E-state index in [-0.39, 0.29) is 0 Å². The van der Waals surface area contributed by atoms with E-state index in [4.69, 9.17) is 0 Å². The Morgan fingerprint density at radius 3 is 1.92 bits per heavy atom. The molecule has 0 bridgehead atoms. The van der Waals surface area contributed by atoms with Crippen molar-refractivity contribution in [3.63, 3.8) is 0 Å². The first-order chi connectivity index (χ1) is 5.56. The van der Waals surface area contributed by atoms with E-state index in [2.05, 4.69) is 39.9 Å². The van der Waals surface area contributed by atoms with Gasteiger partial charge in [-0.1, -0.05) is 34.6 Å². The zero-order chi connectivity index (χ0) is 9.56. The van der Waals surface area contributed by atoms with Crippen LogP contribution < -0.4 is 5.32 Å². The molecule has 1 heteroatoms. The second-order valence-electron chi connectivity index (χ2n) is 4.40. The summed E-state index contributed by atoms with van der Waals surface area (Å²) in [4.78, 5) is 0. The van der Waals surface area contributed by atoms with Crippen molar-refractivity contribution < 1.29 is 0 Å². The molecule has 74 valence electrons. The van der Waals surface area contributed by atoms with E-state index in [9.17, 15) is 0 Å². The smallest absolute Gasteiger partial charge is 0.00668 e. The lowest BCUT2D eigenvalue weighted by atomic mass is 10.0. The van der Waals surface area contributed by atoms with Crippen LogP contribution in [0.2, 0.25) is 0 Å². The average molecular weight is 171 g/mol. The van der Waals surface area contributed by atoms with Gasteiger partial charge in [0.05, 0.1) is 0 Å². The molecule has 1 atom stereocenters. The Bertz CT molecular complexity index is 97.2. The number of nitrogens with one attached hydrogen (secondary N) is 1. The van der Waals surface area contributed by atoms with E-state index in [1.54, 1.807) is 0 Å². The molecular formula is C11H25N. The van der Waals surface area contributed by atoms with Crippen molar-refractivity contribution >= 4 is 0 Å².